The molecule has 5 nitrogen and oxygen atoms in total. The number of methoxy groups -OCH3 is 3. The predicted octanol–water partition coefficient (Wildman–Crippen LogP) is 1.81. The molecule has 0 fully saturated rings. The molecule has 1 aromatic carbocycles. The van der Waals surface area contributed by atoms with Crippen molar-refractivity contribution < 1.29 is 23.8 Å². The number of esters is 2. The fraction of sp³-hybridized carbons (Fsp3) is 0.556. The van der Waals surface area contributed by atoms with Crippen LogP contribution in [0.1, 0.15) is 16.7 Å². The molecule has 2 rings (SSSR count). The second-order valence-corrected chi connectivity index (χ2v) is 12.3. The minimum absolute atomic E-state index is 0.326. The van der Waals surface area contributed by atoms with Gasteiger partial charge in [0.05, 0.1) is 28.9 Å². The maximum absolute atomic E-state index is 12.4. The fourth-order valence-electron chi connectivity index (χ4n) is 3.77. The van der Waals surface area contributed by atoms with Crippen molar-refractivity contribution in [1.29, 1.82) is 0 Å². The van der Waals surface area contributed by atoms with Crippen molar-refractivity contribution in [3.8, 4) is 0 Å². The van der Waals surface area contributed by atoms with Gasteiger partial charge in [-0.1, -0.05) is 37.0 Å². The smallest absolute Gasteiger partial charge is 0.323 e. The van der Waals surface area contributed by atoms with E-state index < -0.39 is 25.4 Å². The quantitative estimate of drug-likeness (QED) is 0.460. The van der Waals surface area contributed by atoms with Crippen LogP contribution in [0, 0.1) is 5.41 Å². The Morgan fingerprint density at radius 1 is 1.04 bits per heavy atom. The van der Waals surface area contributed by atoms with Gasteiger partial charge in [-0.2, -0.15) is 0 Å². The summed E-state index contributed by atoms with van der Waals surface area (Å²) in [4.78, 5) is 24.9. The molecule has 6 heteroatoms. The average Bonchev–Trinajstić information content (AvgIpc) is 2.92. The molecule has 1 aliphatic rings. The van der Waals surface area contributed by atoms with Gasteiger partial charge in [0.2, 0.25) is 0 Å². The number of hydrogen-bond donors (Lipinski definition) is 0. The Balaban J connectivity index is 2.63. The van der Waals surface area contributed by atoms with E-state index in [9.17, 15) is 9.59 Å². The van der Waals surface area contributed by atoms with Crippen molar-refractivity contribution in [2.24, 2.45) is 5.41 Å². The van der Waals surface area contributed by atoms with Crippen molar-refractivity contribution in [2.75, 3.05) is 21.3 Å². The van der Waals surface area contributed by atoms with Crippen LogP contribution >= 0.6 is 0 Å². The van der Waals surface area contributed by atoms with E-state index in [0.29, 0.717) is 19.4 Å². The lowest BCUT2D eigenvalue weighted by Crippen LogP contribution is -2.45. The number of ether oxygens (including phenoxy) is 3. The van der Waals surface area contributed by atoms with Gasteiger partial charge in [-0.3, -0.25) is 9.59 Å². The van der Waals surface area contributed by atoms with E-state index in [1.54, 1.807) is 7.11 Å². The fourth-order valence-corrected chi connectivity index (χ4v) is 6.04. The molecule has 0 amide bonds. The summed E-state index contributed by atoms with van der Waals surface area (Å²) in [5, 5.41) is 1.27. The molecule has 132 valence electrons. The van der Waals surface area contributed by atoms with Crippen LogP contribution in [0.5, 0.6) is 0 Å². The zero-order valence-electron chi connectivity index (χ0n) is 15.3. The summed E-state index contributed by atoms with van der Waals surface area (Å²) in [6, 6.07) is 4.06. The first-order valence-electron chi connectivity index (χ1n) is 8.01. The van der Waals surface area contributed by atoms with Gasteiger partial charge in [-0.05, 0) is 29.5 Å². The Kier molecular flexibility index (Phi) is 5.20. The van der Waals surface area contributed by atoms with E-state index in [4.69, 9.17) is 14.2 Å². The molecule has 0 radical (unpaired) electrons. The Labute approximate surface area is 144 Å². The first kappa shape index (κ1) is 18.7. The zero-order chi connectivity index (χ0) is 18.1. The first-order chi connectivity index (χ1) is 11.2. The molecular weight excluding hydrogens is 324 g/mol. The summed E-state index contributed by atoms with van der Waals surface area (Å²) < 4.78 is 15.2. The Hall–Kier alpha value is -1.66. The number of carbonyl (C=O) groups excluding carboxylic acids is 2. The highest BCUT2D eigenvalue weighted by atomic mass is 28.3. The molecule has 0 saturated carbocycles. The minimum atomic E-state index is -1.71. The molecule has 0 unspecified atom stereocenters. The maximum atomic E-state index is 12.4. The molecule has 1 aliphatic carbocycles. The minimum Gasteiger partial charge on any atom is -0.468 e. The van der Waals surface area contributed by atoms with Crippen LogP contribution in [-0.2, 0) is 43.2 Å². The highest BCUT2D eigenvalue weighted by molar-refractivity contribution is 6.89. The molecule has 24 heavy (non-hydrogen) atoms. The van der Waals surface area contributed by atoms with Gasteiger partial charge in [0.25, 0.3) is 0 Å². The van der Waals surface area contributed by atoms with Crippen LogP contribution in [-0.4, -0.2) is 41.3 Å². The normalized spacial score (nSPS) is 15.8. The molecule has 1 aromatic rings. The highest BCUT2D eigenvalue weighted by Crippen LogP contribution is 2.39. The molecule has 0 atom stereocenters. The third-order valence-corrected chi connectivity index (χ3v) is 6.79. The third-order valence-electron chi connectivity index (χ3n) is 4.67. The lowest BCUT2D eigenvalue weighted by molar-refractivity contribution is -0.168. The van der Waals surface area contributed by atoms with E-state index in [1.807, 2.05) is 6.07 Å². The van der Waals surface area contributed by atoms with E-state index in [1.165, 1.54) is 19.4 Å². The highest BCUT2D eigenvalue weighted by Gasteiger charge is 2.53. The Bertz CT molecular complexity index is 644. The molecule has 0 bridgehead atoms. The van der Waals surface area contributed by atoms with Crippen LogP contribution < -0.4 is 5.19 Å². The second kappa shape index (κ2) is 6.68. The van der Waals surface area contributed by atoms with E-state index in [-0.39, 0.29) is 0 Å². The molecule has 0 heterocycles. The van der Waals surface area contributed by atoms with E-state index in [0.717, 1.165) is 16.7 Å². The van der Waals surface area contributed by atoms with Crippen LogP contribution in [0.4, 0.5) is 0 Å². The van der Waals surface area contributed by atoms with Crippen LogP contribution in [0.2, 0.25) is 19.6 Å². The topological polar surface area (TPSA) is 61.8 Å². The molecule has 0 spiro atoms. The van der Waals surface area contributed by atoms with Gasteiger partial charge in [0.15, 0.2) is 5.41 Å². The number of fused-ring (bicyclic) bond motifs is 1. The monoisotopic (exact) mass is 350 g/mol. The van der Waals surface area contributed by atoms with Gasteiger partial charge in [-0.25, -0.2) is 0 Å². The average molecular weight is 350 g/mol. The van der Waals surface area contributed by atoms with Crippen molar-refractivity contribution in [3.63, 3.8) is 0 Å². The first-order valence-corrected chi connectivity index (χ1v) is 11.5. The van der Waals surface area contributed by atoms with E-state index in [2.05, 4.69) is 25.7 Å². The summed E-state index contributed by atoms with van der Waals surface area (Å²) in [5.74, 6) is -1.05. The summed E-state index contributed by atoms with van der Waals surface area (Å²) in [6.45, 7) is 7.31. The summed E-state index contributed by atoms with van der Waals surface area (Å²) in [7, 11) is 2.59. The lowest BCUT2D eigenvalue weighted by Gasteiger charge is -2.26. The maximum Gasteiger partial charge on any atom is 0.323 e. The van der Waals surface area contributed by atoms with Crippen LogP contribution in [0.3, 0.4) is 0 Å². The summed E-state index contributed by atoms with van der Waals surface area (Å²) in [6.07, 6.45) is 0.658. The van der Waals surface area contributed by atoms with Crippen molar-refractivity contribution in [2.45, 2.75) is 39.1 Å². The number of rotatable bonds is 5. The van der Waals surface area contributed by atoms with Gasteiger partial charge in [0, 0.05) is 7.11 Å². The number of carbonyl (C=O) groups is 2. The van der Waals surface area contributed by atoms with Crippen molar-refractivity contribution in [1.82, 2.24) is 0 Å². The lowest BCUT2D eigenvalue weighted by atomic mass is 9.85. The van der Waals surface area contributed by atoms with Crippen LogP contribution in [0.25, 0.3) is 0 Å². The van der Waals surface area contributed by atoms with Gasteiger partial charge in [0.1, 0.15) is 0 Å². The largest absolute Gasteiger partial charge is 0.468 e. The summed E-state index contributed by atoms with van der Waals surface area (Å²) in [5.41, 5.74) is 2.00. The molecule has 0 aliphatic heterocycles. The van der Waals surface area contributed by atoms with Crippen molar-refractivity contribution in [3.05, 3.63) is 28.8 Å². The second-order valence-electron chi connectivity index (χ2n) is 7.34. The summed E-state index contributed by atoms with van der Waals surface area (Å²) >= 11 is 0. The molecule has 0 saturated heterocycles. The predicted molar refractivity (Wildman–Crippen MR) is 94.0 cm³/mol. The van der Waals surface area contributed by atoms with Gasteiger partial charge < -0.3 is 14.2 Å². The Morgan fingerprint density at radius 3 is 2.08 bits per heavy atom. The molecule has 0 aromatic heterocycles. The molecular formula is C18H26O5Si. The van der Waals surface area contributed by atoms with E-state index >= 15 is 0 Å². The van der Waals surface area contributed by atoms with Crippen molar-refractivity contribution >= 4 is 25.2 Å². The number of hydrogen-bond acceptors (Lipinski definition) is 5. The van der Waals surface area contributed by atoms with Gasteiger partial charge in [-0.15, -0.1) is 0 Å². The third kappa shape index (κ3) is 3.00. The van der Waals surface area contributed by atoms with Crippen LogP contribution in [0.15, 0.2) is 12.1 Å². The number of benzene rings is 1. The molecule has 0 N–H and O–H groups in total. The zero-order valence-corrected chi connectivity index (χ0v) is 16.3. The SMILES string of the molecule is COCc1ccc2c(c1[Si](C)(C)C)CC(C(=O)OC)(C(=O)OC)C2. The standard InChI is InChI=1S/C18H26O5Si/c1-21-11-13-8-7-12-9-18(16(19)22-2,17(20)23-3)10-14(12)15(13)24(4,5)6/h7-8H,9-11H2,1-6H3. The Morgan fingerprint density at radius 2 is 1.62 bits per heavy atom. The van der Waals surface area contributed by atoms with Gasteiger partial charge >= 0.3 is 11.9 Å².